The van der Waals surface area contributed by atoms with Crippen LogP contribution in [0.2, 0.25) is 0 Å². The summed E-state index contributed by atoms with van der Waals surface area (Å²) in [6, 6.07) is 33.1. The van der Waals surface area contributed by atoms with Crippen LogP contribution in [0.1, 0.15) is 47.4 Å². The Labute approximate surface area is 441 Å². The number of hydrogen-bond acceptors (Lipinski definition) is 16. The highest BCUT2D eigenvalue weighted by Gasteiger charge is 2.38. The minimum atomic E-state index is -4.93. The van der Waals surface area contributed by atoms with Crippen molar-refractivity contribution < 1.29 is 49.6 Å². The van der Waals surface area contributed by atoms with Gasteiger partial charge in [0, 0.05) is 62.1 Å². The number of unbranched alkanes of at least 4 members (excludes halogenated alkanes) is 1. The van der Waals surface area contributed by atoms with Gasteiger partial charge in [-0.2, -0.15) is 12.9 Å². The third-order valence-electron chi connectivity index (χ3n) is 13.3. The van der Waals surface area contributed by atoms with Gasteiger partial charge in [0.25, 0.3) is 17.1 Å². The molecule has 0 saturated heterocycles. The van der Waals surface area contributed by atoms with Crippen LogP contribution in [0.4, 0.5) is 17.1 Å². The van der Waals surface area contributed by atoms with Crippen molar-refractivity contribution in [2.75, 3.05) is 32.8 Å². The fourth-order valence-electron chi connectivity index (χ4n) is 9.63. The van der Waals surface area contributed by atoms with Crippen LogP contribution in [0.5, 0.6) is 5.75 Å². The van der Waals surface area contributed by atoms with Crippen molar-refractivity contribution in [1.29, 1.82) is 0 Å². The largest absolute Gasteiger partial charge is 0.493 e. The molecular weight excluding hydrogens is 1060 g/mol. The number of hydrogen-bond donors (Lipinski definition) is 1. The van der Waals surface area contributed by atoms with E-state index in [0.29, 0.717) is 18.4 Å². The number of benzene rings is 7. The maximum atomic E-state index is 14.7. The molecule has 2 bridgehead atoms. The van der Waals surface area contributed by atoms with Crippen LogP contribution >= 0.6 is 0 Å². The number of pyridine rings is 1. The van der Waals surface area contributed by atoms with E-state index in [1.54, 1.807) is 6.07 Å². The van der Waals surface area contributed by atoms with Crippen molar-refractivity contribution in [3.8, 4) is 5.75 Å². The van der Waals surface area contributed by atoms with Gasteiger partial charge in [0.05, 0.1) is 51.9 Å². The van der Waals surface area contributed by atoms with Gasteiger partial charge < -0.3 is 10.5 Å². The van der Waals surface area contributed by atoms with Crippen LogP contribution in [0.25, 0.3) is 32.3 Å². The van der Waals surface area contributed by atoms with E-state index in [9.17, 15) is 60.4 Å². The van der Waals surface area contributed by atoms with Crippen molar-refractivity contribution in [1.82, 2.24) is 17.9 Å². The lowest BCUT2D eigenvalue weighted by molar-refractivity contribution is -0.388. The maximum Gasteiger partial charge on any atom is 0.289 e. The van der Waals surface area contributed by atoms with Gasteiger partial charge in [0.15, 0.2) is 20.5 Å². The summed E-state index contributed by atoms with van der Waals surface area (Å²) < 4.78 is 96.0. The summed E-state index contributed by atoms with van der Waals surface area (Å²) in [5.74, 6) is -0.167. The summed E-state index contributed by atoms with van der Waals surface area (Å²) in [6.45, 7) is -3.80. The first-order valence-corrected chi connectivity index (χ1v) is 28.4. The third-order valence-corrected chi connectivity index (χ3v) is 19.1. The molecule has 2 N–H and O–H groups in total. The second kappa shape index (κ2) is 22.0. The van der Waals surface area contributed by atoms with E-state index >= 15 is 0 Å². The summed E-state index contributed by atoms with van der Waals surface area (Å²) in [6.07, 6.45) is 0.699. The number of ether oxygens (including phenoxy) is 1. The SMILES string of the molecule is NC(CCCCOc1cc2nc(c1)CN(S(=O)(=O)c1ccccc1[N+](=O)[O-])CCN(S(=O)(=O)c1ccccc1[N+](=O)[O-])CCCN(S(=O)(=O)c1ccccc1[N+](=O)[O-])C2)C(=O)c1ccc2ccc3cccc4ccc1c2c34. The molecular formula is C52H48N8O14S3. The van der Waals surface area contributed by atoms with Crippen LogP contribution in [0, 0.1) is 30.3 Å². The average molecular weight is 1110 g/mol. The van der Waals surface area contributed by atoms with E-state index in [1.807, 2.05) is 48.5 Å². The number of ketones is 1. The normalized spacial score (nSPS) is 15.1. The molecule has 77 heavy (non-hydrogen) atoms. The molecule has 0 saturated carbocycles. The number of nitrogens with two attached hydrogens (primary N) is 1. The standard InChI is InChI=1S/C52H48N8O14S3/c53-43(52(61)42-25-23-37-21-20-35-11-9-12-36-22-24-41(42)51(37)50(35)36)13-7-8-30-74-40-31-38-33-56(76(70,71)48-18-5-2-15-45(48)59(64)65)27-10-26-55(75(68,69)47-17-4-1-14-44(47)58(62)63)28-29-57(34-39(32-40)54-38)77(72,73)49-19-6-3-16-46(49)60(66)67/h1-6,9,11-12,14-25,31-32,43H,7-8,10,13,26-30,33-34,53H2. The topological polar surface area (TPSA) is 307 Å². The van der Waals surface area contributed by atoms with E-state index in [-0.39, 0.29) is 42.4 Å². The van der Waals surface area contributed by atoms with Gasteiger partial charge in [0.1, 0.15) is 5.75 Å². The molecule has 1 aliphatic rings. The highest BCUT2D eigenvalue weighted by atomic mass is 32.2. The molecule has 8 aromatic rings. The maximum absolute atomic E-state index is 14.7. The van der Waals surface area contributed by atoms with Gasteiger partial charge in [-0.1, -0.05) is 91.0 Å². The lowest BCUT2D eigenvalue weighted by Crippen LogP contribution is -2.42. The third kappa shape index (κ3) is 10.9. The first-order valence-electron chi connectivity index (χ1n) is 24.1. The summed E-state index contributed by atoms with van der Waals surface area (Å²) in [7, 11) is -14.7. The number of aromatic nitrogens is 1. The van der Waals surface area contributed by atoms with Crippen LogP contribution in [-0.4, -0.2) is 103 Å². The second-order valence-electron chi connectivity index (χ2n) is 18.2. The van der Waals surface area contributed by atoms with Gasteiger partial charge in [-0.3, -0.25) is 40.1 Å². The Morgan fingerprint density at radius 1 is 0.558 bits per heavy atom. The van der Waals surface area contributed by atoms with E-state index < -0.39 is 122 Å². The zero-order valence-electron chi connectivity index (χ0n) is 40.8. The quantitative estimate of drug-likeness (QED) is 0.0297. The molecule has 7 aromatic carbocycles. The number of Topliss-reactive ketones (excluding diaryl/α,β-unsaturated/α-hetero) is 1. The van der Waals surface area contributed by atoms with Gasteiger partial charge in [-0.25, -0.2) is 25.3 Å². The molecule has 0 spiro atoms. The number of carbonyl (C=O) groups excluding carboxylic acids is 1. The number of para-hydroxylation sites is 3. The van der Waals surface area contributed by atoms with Crippen molar-refractivity contribution in [3.63, 3.8) is 0 Å². The Balaban J connectivity index is 1.04. The van der Waals surface area contributed by atoms with Crippen LogP contribution in [0.3, 0.4) is 0 Å². The van der Waals surface area contributed by atoms with Gasteiger partial charge in [-0.15, -0.1) is 0 Å². The first kappa shape index (κ1) is 53.9. The first-order chi connectivity index (χ1) is 36.8. The lowest BCUT2D eigenvalue weighted by atomic mass is 9.89. The van der Waals surface area contributed by atoms with Crippen molar-refractivity contribution >= 4 is 85.2 Å². The monoisotopic (exact) mass is 1100 g/mol. The Morgan fingerprint density at radius 2 is 1.00 bits per heavy atom. The summed E-state index contributed by atoms with van der Waals surface area (Å²) in [4.78, 5) is 50.2. The molecule has 0 radical (unpaired) electrons. The summed E-state index contributed by atoms with van der Waals surface area (Å²) in [5, 5.41) is 42.4. The lowest BCUT2D eigenvalue weighted by Gasteiger charge is -2.27. The highest BCUT2D eigenvalue weighted by Crippen LogP contribution is 2.37. The molecule has 0 amide bonds. The van der Waals surface area contributed by atoms with Gasteiger partial charge in [-0.05, 0) is 76.2 Å². The molecule has 0 fully saturated rings. The number of nitrogens with zero attached hydrogens (tertiary/aromatic N) is 7. The molecule has 2 heterocycles. The Morgan fingerprint density at radius 3 is 1.53 bits per heavy atom. The van der Waals surface area contributed by atoms with Gasteiger partial charge >= 0.3 is 0 Å². The zero-order chi connectivity index (χ0) is 54.8. The number of sulfonamides is 3. The summed E-state index contributed by atoms with van der Waals surface area (Å²) >= 11 is 0. The van der Waals surface area contributed by atoms with E-state index in [1.165, 1.54) is 48.5 Å². The summed E-state index contributed by atoms with van der Waals surface area (Å²) in [5.41, 5.74) is 4.57. The van der Waals surface area contributed by atoms with Crippen LogP contribution < -0.4 is 10.5 Å². The number of nitro benzene ring substituents is 3. The molecule has 25 heteroatoms. The van der Waals surface area contributed by atoms with E-state index in [2.05, 4.69) is 4.98 Å². The molecule has 398 valence electrons. The number of fused-ring (bicyclic) bond motifs is 2. The Hall–Kier alpha value is -7.91. The van der Waals surface area contributed by atoms with Crippen molar-refractivity contribution in [3.05, 3.63) is 187 Å². The average Bonchev–Trinajstić information content (AvgIpc) is 3.48. The minimum absolute atomic E-state index is 0.0113. The van der Waals surface area contributed by atoms with E-state index in [0.717, 1.165) is 81.6 Å². The van der Waals surface area contributed by atoms with Crippen molar-refractivity contribution in [2.24, 2.45) is 5.73 Å². The van der Waals surface area contributed by atoms with Gasteiger partial charge in [0.2, 0.25) is 30.1 Å². The smallest absolute Gasteiger partial charge is 0.289 e. The van der Waals surface area contributed by atoms with E-state index in [4.69, 9.17) is 10.5 Å². The molecule has 1 atom stereocenters. The fourth-order valence-corrected chi connectivity index (χ4v) is 14.4. The molecule has 9 rings (SSSR count). The molecule has 0 aliphatic carbocycles. The fraction of sp³-hybridized carbons (Fsp3) is 0.231. The highest BCUT2D eigenvalue weighted by molar-refractivity contribution is 7.90. The number of rotatable bonds is 17. The molecule has 22 nitrogen and oxygen atoms in total. The molecule has 1 aromatic heterocycles. The Kier molecular flexibility index (Phi) is 15.4. The predicted octanol–water partition coefficient (Wildman–Crippen LogP) is 7.94. The zero-order valence-corrected chi connectivity index (χ0v) is 43.2. The number of nitro groups is 3. The van der Waals surface area contributed by atoms with Crippen LogP contribution in [0.15, 0.2) is 154 Å². The number of carbonyl (C=O) groups is 1. The predicted molar refractivity (Wildman–Crippen MR) is 284 cm³/mol. The minimum Gasteiger partial charge on any atom is -0.493 e. The molecule has 1 unspecified atom stereocenters. The second-order valence-corrected chi connectivity index (χ2v) is 23.9. The molecule has 1 aliphatic heterocycles. The van der Waals surface area contributed by atoms with Crippen LogP contribution in [-0.2, 0) is 43.2 Å². The Bertz CT molecular complexity index is 3960. The van der Waals surface area contributed by atoms with Crippen molar-refractivity contribution in [2.45, 2.75) is 59.5 Å².